The number of amides is 2. The predicted molar refractivity (Wildman–Crippen MR) is 89.5 cm³/mol. The molecule has 0 fully saturated rings. The second kappa shape index (κ2) is 8.78. The number of alkyl carbamates (subject to hydrolysis) is 1. The number of ether oxygens (including phenoxy) is 1. The third-order valence-corrected chi connectivity index (χ3v) is 4.40. The fraction of sp³-hybridized carbons (Fsp3) is 0.625. The van der Waals surface area contributed by atoms with Gasteiger partial charge in [0.05, 0.1) is 11.5 Å². The van der Waals surface area contributed by atoms with Gasteiger partial charge in [0.25, 0.3) is 5.91 Å². The SMILES string of the molecule is CCOC(=O)NC(CNC(=O)c1cc(C)c(C)s1)CC(C)C. The van der Waals surface area contributed by atoms with E-state index in [1.807, 2.05) is 19.9 Å². The zero-order valence-corrected chi connectivity index (χ0v) is 14.8. The Morgan fingerprint density at radius 3 is 2.50 bits per heavy atom. The maximum Gasteiger partial charge on any atom is 0.407 e. The molecule has 2 amide bonds. The minimum absolute atomic E-state index is 0.0967. The summed E-state index contributed by atoms with van der Waals surface area (Å²) < 4.78 is 4.90. The van der Waals surface area contributed by atoms with E-state index in [1.165, 1.54) is 11.3 Å². The second-order valence-corrected chi connectivity index (χ2v) is 7.01. The molecule has 0 aromatic carbocycles. The molecule has 124 valence electrons. The fourth-order valence-corrected chi connectivity index (χ4v) is 3.04. The number of thiophene rings is 1. The first-order valence-electron chi connectivity index (χ1n) is 7.62. The van der Waals surface area contributed by atoms with E-state index in [0.717, 1.165) is 16.9 Å². The summed E-state index contributed by atoms with van der Waals surface area (Å²) in [5.41, 5.74) is 1.12. The molecule has 1 unspecified atom stereocenters. The van der Waals surface area contributed by atoms with Crippen LogP contribution in [0.25, 0.3) is 0 Å². The van der Waals surface area contributed by atoms with Crippen LogP contribution in [0.15, 0.2) is 6.07 Å². The van der Waals surface area contributed by atoms with Crippen molar-refractivity contribution in [3.63, 3.8) is 0 Å². The fourth-order valence-electron chi connectivity index (χ4n) is 2.09. The standard InChI is InChI=1S/C16H26N2O3S/c1-6-21-16(20)18-13(7-10(2)3)9-17-15(19)14-8-11(4)12(5)22-14/h8,10,13H,6-7,9H2,1-5H3,(H,17,19)(H,18,20). The predicted octanol–water partition coefficient (Wildman–Crippen LogP) is 3.26. The maximum atomic E-state index is 12.2. The topological polar surface area (TPSA) is 67.4 Å². The largest absolute Gasteiger partial charge is 0.450 e. The lowest BCUT2D eigenvalue weighted by molar-refractivity contribution is 0.0948. The van der Waals surface area contributed by atoms with Gasteiger partial charge in [-0.15, -0.1) is 11.3 Å². The van der Waals surface area contributed by atoms with Crippen LogP contribution in [0.5, 0.6) is 0 Å². The monoisotopic (exact) mass is 326 g/mol. The summed E-state index contributed by atoms with van der Waals surface area (Å²) in [6, 6.07) is 1.76. The van der Waals surface area contributed by atoms with Crippen LogP contribution < -0.4 is 10.6 Å². The summed E-state index contributed by atoms with van der Waals surface area (Å²) in [5, 5.41) is 5.69. The van der Waals surface area contributed by atoms with E-state index < -0.39 is 6.09 Å². The number of nitrogens with one attached hydrogen (secondary N) is 2. The molecule has 0 aliphatic carbocycles. The number of aryl methyl sites for hydroxylation is 2. The molecule has 5 nitrogen and oxygen atoms in total. The average Bonchev–Trinajstić information content (AvgIpc) is 2.75. The van der Waals surface area contributed by atoms with E-state index in [0.29, 0.717) is 23.9 Å². The van der Waals surface area contributed by atoms with Gasteiger partial charge in [-0.25, -0.2) is 4.79 Å². The molecule has 2 N–H and O–H groups in total. The third-order valence-electron chi connectivity index (χ3n) is 3.25. The van der Waals surface area contributed by atoms with Gasteiger partial charge in [0.1, 0.15) is 0 Å². The van der Waals surface area contributed by atoms with Crippen LogP contribution in [0.2, 0.25) is 0 Å². The molecule has 1 aromatic heterocycles. The van der Waals surface area contributed by atoms with Crippen LogP contribution in [0.1, 0.15) is 47.3 Å². The van der Waals surface area contributed by atoms with Gasteiger partial charge in [0.15, 0.2) is 0 Å². The number of rotatable bonds is 7. The Morgan fingerprint density at radius 1 is 1.32 bits per heavy atom. The van der Waals surface area contributed by atoms with Crippen LogP contribution in [-0.2, 0) is 4.74 Å². The molecular weight excluding hydrogens is 300 g/mol. The van der Waals surface area contributed by atoms with Gasteiger partial charge in [0, 0.05) is 17.5 Å². The summed E-state index contributed by atoms with van der Waals surface area (Å²) in [5.74, 6) is 0.315. The van der Waals surface area contributed by atoms with E-state index in [-0.39, 0.29) is 11.9 Å². The summed E-state index contributed by atoms with van der Waals surface area (Å²) in [7, 11) is 0. The molecule has 1 aromatic rings. The van der Waals surface area contributed by atoms with Crippen molar-refractivity contribution in [2.75, 3.05) is 13.2 Å². The van der Waals surface area contributed by atoms with Gasteiger partial charge in [-0.1, -0.05) is 13.8 Å². The molecule has 0 saturated carbocycles. The minimum atomic E-state index is -0.440. The maximum absolute atomic E-state index is 12.2. The number of hydrogen-bond donors (Lipinski definition) is 2. The molecule has 22 heavy (non-hydrogen) atoms. The Bertz CT molecular complexity index is 492. The zero-order valence-electron chi connectivity index (χ0n) is 14.0. The van der Waals surface area contributed by atoms with Gasteiger partial charge in [-0.05, 0) is 44.7 Å². The first-order valence-corrected chi connectivity index (χ1v) is 8.43. The number of carbonyl (C=O) groups is 2. The summed E-state index contributed by atoms with van der Waals surface area (Å²) >= 11 is 1.49. The van der Waals surface area contributed by atoms with E-state index in [4.69, 9.17) is 4.74 Å². The van der Waals surface area contributed by atoms with E-state index in [1.54, 1.807) is 6.92 Å². The second-order valence-electron chi connectivity index (χ2n) is 5.75. The zero-order chi connectivity index (χ0) is 16.7. The smallest absolute Gasteiger partial charge is 0.407 e. The molecule has 0 bridgehead atoms. The van der Waals surface area contributed by atoms with Crippen LogP contribution >= 0.6 is 11.3 Å². The highest BCUT2D eigenvalue weighted by Crippen LogP contribution is 2.20. The van der Waals surface area contributed by atoms with Crippen molar-refractivity contribution in [3.8, 4) is 0 Å². The molecule has 6 heteroatoms. The first kappa shape index (κ1) is 18.5. The quantitative estimate of drug-likeness (QED) is 0.808. The van der Waals surface area contributed by atoms with Crippen molar-refractivity contribution in [1.82, 2.24) is 10.6 Å². The minimum Gasteiger partial charge on any atom is -0.450 e. The first-order chi connectivity index (χ1) is 10.3. The Balaban J connectivity index is 2.57. The van der Waals surface area contributed by atoms with Crippen molar-refractivity contribution in [3.05, 3.63) is 21.4 Å². The Hall–Kier alpha value is -1.56. The summed E-state index contributed by atoms with van der Waals surface area (Å²) in [6.45, 7) is 10.6. The molecule has 0 aliphatic rings. The highest BCUT2D eigenvalue weighted by atomic mass is 32.1. The Labute approximate surface area is 136 Å². The summed E-state index contributed by atoms with van der Waals surface area (Å²) in [4.78, 5) is 25.6. The molecule has 0 aliphatic heterocycles. The van der Waals surface area contributed by atoms with Crippen molar-refractivity contribution in [1.29, 1.82) is 0 Å². The van der Waals surface area contributed by atoms with Crippen molar-refractivity contribution >= 4 is 23.3 Å². The van der Waals surface area contributed by atoms with E-state index in [9.17, 15) is 9.59 Å². The van der Waals surface area contributed by atoms with Crippen LogP contribution in [-0.4, -0.2) is 31.2 Å². The lowest BCUT2D eigenvalue weighted by Crippen LogP contribution is -2.44. The molecule has 0 saturated heterocycles. The van der Waals surface area contributed by atoms with Crippen molar-refractivity contribution in [2.45, 2.75) is 47.1 Å². The average molecular weight is 326 g/mol. The van der Waals surface area contributed by atoms with Gasteiger partial charge >= 0.3 is 6.09 Å². The highest BCUT2D eigenvalue weighted by molar-refractivity contribution is 7.14. The van der Waals surface area contributed by atoms with E-state index >= 15 is 0 Å². The van der Waals surface area contributed by atoms with E-state index in [2.05, 4.69) is 24.5 Å². The van der Waals surface area contributed by atoms with Gasteiger partial charge in [0.2, 0.25) is 0 Å². The van der Waals surface area contributed by atoms with Crippen molar-refractivity contribution < 1.29 is 14.3 Å². The van der Waals surface area contributed by atoms with Gasteiger partial charge in [-0.3, -0.25) is 4.79 Å². The van der Waals surface area contributed by atoms with Crippen LogP contribution in [0.4, 0.5) is 4.79 Å². The number of hydrogen-bond acceptors (Lipinski definition) is 4. The Kier molecular flexibility index (Phi) is 7.38. The summed E-state index contributed by atoms with van der Waals surface area (Å²) in [6.07, 6.45) is 0.340. The highest BCUT2D eigenvalue weighted by Gasteiger charge is 2.17. The van der Waals surface area contributed by atoms with Gasteiger partial charge in [-0.2, -0.15) is 0 Å². The molecule has 0 spiro atoms. The lowest BCUT2D eigenvalue weighted by atomic mass is 10.0. The Morgan fingerprint density at radius 2 is 2.00 bits per heavy atom. The third kappa shape index (κ3) is 6.05. The molecular formula is C16H26N2O3S. The van der Waals surface area contributed by atoms with Gasteiger partial charge < -0.3 is 15.4 Å². The molecule has 1 atom stereocenters. The number of carbonyl (C=O) groups excluding carboxylic acids is 2. The van der Waals surface area contributed by atoms with Crippen LogP contribution in [0.3, 0.4) is 0 Å². The van der Waals surface area contributed by atoms with Crippen LogP contribution in [0, 0.1) is 19.8 Å². The lowest BCUT2D eigenvalue weighted by Gasteiger charge is -2.20. The molecule has 1 heterocycles. The normalized spacial score (nSPS) is 12.1. The molecule has 0 radical (unpaired) electrons. The molecule has 1 rings (SSSR count). The van der Waals surface area contributed by atoms with Crippen molar-refractivity contribution in [2.24, 2.45) is 5.92 Å².